The zero-order valence-corrected chi connectivity index (χ0v) is 18.5. The maximum atomic E-state index is 12.4. The van der Waals surface area contributed by atoms with Crippen LogP contribution in [0.1, 0.15) is 29.2 Å². The topological polar surface area (TPSA) is 51.2 Å². The first-order valence-corrected chi connectivity index (χ1v) is 11.5. The number of esters is 1. The summed E-state index contributed by atoms with van der Waals surface area (Å²) in [7, 11) is 1.81. The van der Waals surface area contributed by atoms with Crippen molar-refractivity contribution >= 4 is 40.7 Å². The minimum atomic E-state index is -0.383. The quantitative estimate of drug-likeness (QED) is 0.244. The number of carbonyl (C=O) groups is 1. The zero-order chi connectivity index (χ0) is 20.5. The van der Waals surface area contributed by atoms with E-state index in [-0.39, 0.29) is 17.4 Å². The predicted molar refractivity (Wildman–Crippen MR) is 120 cm³/mol. The van der Waals surface area contributed by atoms with E-state index in [0.717, 1.165) is 20.4 Å². The van der Waals surface area contributed by atoms with Gasteiger partial charge < -0.3 is 4.74 Å². The van der Waals surface area contributed by atoms with Crippen LogP contribution < -0.4 is 5.32 Å². The molecule has 7 heteroatoms. The van der Waals surface area contributed by atoms with Crippen molar-refractivity contribution < 1.29 is 9.53 Å². The van der Waals surface area contributed by atoms with Crippen molar-refractivity contribution in [2.24, 2.45) is 0 Å². The lowest BCUT2D eigenvalue weighted by atomic mass is 10.1. The second-order valence-corrected chi connectivity index (χ2v) is 9.32. The monoisotopic (exact) mass is 446 g/mol. The van der Waals surface area contributed by atoms with Crippen molar-refractivity contribution in [3.05, 3.63) is 82.5 Å². The van der Waals surface area contributed by atoms with Gasteiger partial charge in [0.2, 0.25) is 0 Å². The average molecular weight is 447 g/mol. The molecule has 0 fully saturated rings. The van der Waals surface area contributed by atoms with Gasteiger partial charge in [-0.2, -0.15) is 0 Å². The van der Waals surface area contributed by atoms with Crippen LogP contribution in [0.2, 0.25) is 5.02 Å². The first-order chi connectivity index (χ1) is 14.1. The van der Waals surface area contributed by atoms with Gasteiger partial charge in [-0.15, -0.1) is 23.1 Å². The number of benzene rings is 1. The molecule has 4 nitrogen and oxygen atoms in total. The molecule has 0 saturated heterocycles. The van der Waals surface area contributed by atoms with Gasteiger partial charge in [-0.1, -0.05) is 48.0 Å². The van der Waals surface area contributed by atoms with Crippen LogP contribution in [0, 0.1) is 0 Å². The number of pyridine rings is 1. The van der Waals surface area contributed by atoms with Gasteiger partial charge in [0, 0.05) is 35.9 Å². The van der Waals surface area contributed by atoms with Gasteiger partial charge >= 0.3 is 5.97 Å². The number of ether oxygens (including phenoxy) is 1. The number of rotatable bonds is 10. The molecule has 1 N–H and O–H groups in total. The molecule has 0 bridgehead atoms. The van der Waals surface area contributed by atoms with Crippen molar-refractivity contribution in [2.75, 3.05) is 7.05 Å². The molecule has 29 heavy (non-hydrogen) atoms. The van der Waals surface area contributed by atoms with Crippen LogP contribution in [0.5, 0.6) is 0 Å². The molecule has 3 aromatic rings. The molecule has 0 aliphatic heterocycles. The Balaban J connectivity index is 1.62. The molecule has 0 aliphatic carbocycles. The Morgan fingerprint density at radius 2 is 2.10 bits per heavy atom. The first kappa shape index (κ1) is 21.8. The van der Waals surface area contributed by atoms with E-state index in [1.807, 2.05) is 67.2 Å². The number of hydrogen-bond acceptors (Lipinski definition) is 6. The smallest absolute Gasteiger partial charge is 0.307 e. The summed E-state index contributed by atoms with van der Waals surface area (Å²) >= 11 is 9.40. The minimum Gasteiger partial charge on any atom is -0.446 e. The molecular weight excluding hydrogens is 424 g/mol. The van der Waals surface area contributed by atoms with E-state index in [1.165, 1.54) is 0 Å². The predicted octanol–water partition coefficient (Wildman–Crippen LogP) is 5.74. The molecule has 152 valence electrons. The van der Waals surface area contributed by atoms with E-state index in [2.05, 4.69) is 10.3 Å². The molecule has 2 heterocycles. The van der Waals surface area contributed by atoms with Gasteiger partial charge in [0.25, 0.3) is 0 Å². The lowest BCUT2D eigenvalue weighted by Gasteiger charge is -2.23. The molecule has 0 radical (unpaired) electrons. The molecule has 2 unspecified atom stereocenters. The number of nitrogens with one attached hydrogen (secondary N) is 1. The maximum absolute atomic E-state index is 12.4. The Kier molecular flexibility index (Phi) is 8.55. The van der Waals surface area contributed by atoms with Crippen molar-refractivity contribution in [1.29, 1.82) is 0 Å². The Bertz CT molecular complexity index is 890. The van der Waals surface area contributed by atoms with Crippen molar-refractivity contribution in [2.45, 2.75) is 34.9 Å². The number of hydrogen-bond donors (Lipinski definition) is 1. The maximum Gasteiger partial charge on any atom is 0.307 e. The Hall–Kier alpha value is -1.86. The molecule has 2 aromatic heterocycles. The minimum absolute atomic E-state index is 0.0813. The van der Waals surface area contributed by atoms with Crippen LogP contribution in [-0.2, 0) is 16.0 Å². The van der Waals surface area contributed by atoms with E-state index in [0.29, 0.717) is 19.3 Å². The molecule has 0 aliphatic rings. The number of thioether (sulfide) groups is 1. The van der Waals surface area contributed by atoms with Crippen LogP contribution in [0.15, 0.2) is 70.5 Å². The fourth-order valence-electron chi connectivity index (χ4n) is 2.84. The van der Waals surface area contributed by atoms with E-state index in [9.17, 15) is 4.79 Å². The molecule has 0 amide bonds. The first-order valence-electron chi connectivity index (χ1n) is 9.35. The second kappa shape index (κ2) is 11.4. The third-order valence-corrected chi connectivity index (χ3v) is 7.09. The Morgan fingerprint density at radius 3 is 2.76 bits per heavy atom. The van der Waals surface area contributed by atoms with Gasteiger partial charge in [-0.3, -0.25) is 15.1 Å². The molecule has 1 aromatic carbocycles. The Morgan fingerprint density at radius 1 is 1.28 bits per heavy atom. The lowest BCUT2D eigenvalue weighted by molar-refractivity contribution is -0.150. The van der Waals surface area contributed by atoms with Crippen molar-refractivity contribution in [3.63, 3.8) is 0 Å². The average Bonchev–Trinajstić information content (AvgIpc) is 3.17. The number of aromatic nitrogens is 1. The highest BCUT2D eigenvalue weighted by atomic mass is 35.5. The fourth-order valence-corrected chi connectivity index (χ4v) is 5.44. The summed E-state index contributed by atoms with van der Waals surface area (Å²) in [5, 5.41) is 5.86. The highest BCUT2D eigenvalue weighted by Gasteiger charge is 2.22. The van der Waals surface area contributed by atoms with Crippen molar-refractivity contribution in [1.82, 2.24) is 10.3 Å². The van der Waals surface area contributed by atoms with E-state index in [4.69, 9.17) is 16.3 Å². The van der Waals surface area contributed by atoms with Crippen LogP contribution in [0.3, 0.4) is 0 Å². The van der Waals surface area contributed by atoms with E-state index in [1.54, 1.807) is 29.3 Å². The summed E-state index contributed by atoms with van der Waals surface area (Å²) in [6.07, 6.45) is 4.88. The summed E-state index contributed by atoms with van der Waals surface area (Å²) in [6.45, 7) is 0. The lowest BCUT2D eigenvalue weighted by Crippen LogP contribution is -2.32. The summed E-state index contributed by atoms with van der Waals surface area (Å²) in [5.74, 6) is -0.206. The molecule has 0 spiro atoms. The molecular formula is C22H23ClN2O2S2. The second-order valence-electron chi connectivity index (χ2n) is 6.47. The highest BCUT2D eigenvalue weighted by molar-refractivity contribution is 8.01. The zero-order valence-electron chi connectivity index (χ0n) is 16.1. The third-order valence-electron chi connectivity index (χ3n) is 4.34. The summed E-state index contributed by atoms with van der Waals surface area (Å²) in [6, 6.07) is 15.9. The van der Waals surface area contributed by atoms with E-state index < -0.39 is 0 Å². The van der Waals surface area contributed by atoms with Crippen LogP contribution in [0.25, 0.3) is 0 Å². The summed E-state index contributed by atoms with van der Waals surface area (Å²) < 4.78 is 6.83. The SMILES string of the molecule is CNC(CC(Sc1cc(Cl)cs1)c1cccnc1)OC(=O)CCc1ccccc1. The normalized spacial score (nSPS) is 13.0. The number of halogens is 1. The van der Waals surface area contributed by atoms with Crippen LogP contribution >= 0.6 is 34.7 Å². The molecule has 0 saturated carbocycles. The molecule has 2 atom stereocenters. The van der Waals surface area contributed by atoms with Crippen LogP contribution in [0.4, 0.5) is 0 Å². The molecule has 3 rings (SSSR count). The summed E-state index contributed by atoms with van der Waals surface area (Å²) in [5.41, 5.74) is 2.21. The van der Waals surface area contributed by atoms with Gasteiger partial charge in [0.05, 0.1) is 9.23 Å². The highest BCUT2D eigenvalue weighted by Crippen LogP contribution is 2.42. The van der Waals surface area contributed by atoms with Gasteiger partial charge in [-0.05, 0) is 36.7 Å². The Labute approximate surface area is 184 Å². The number of carbonyl (C=O) groups excluding carboxylic acids is 1. The van der Waals surface area contributed by atoms with Crippen molar-refractivity contribution in [3.8, 4) is 0 Å². The number of nitrogens with zero attached hydrogens (tertiary/aromatic N) is 1. The fraction of sp³-hybridized carbons (Fsp3) is 0.273. The number of aryl methyl sites for hydroxylation is 1. The largest absolute Gasteiger partial charge is 0.446 e. The number of thiophene rings is 1. The standard InChI is InChI=1S/C22H23ClN2O2S2/c1-24-20(27-21(26)10-9-16-6-3-2-4-7-16)13-19(17-8-5-11-25-14-17)29-22-12-18(23)15-28-22/h2-8,11-12,14-15,19-20,24H,9-10,13H2,1H3. The van der Waals surface area contributed by atoms with E-state index >= 15 is 0 Å². The summed E-state index contributed by atoms with van der Waals surface area (Å²) in [4.78, 5) is 16.6. The van der Waals surface area contributed by atoms with Gasteiger partial charge in [0.15, 0.2) is 6.23 Å². The van der Waals surface area contributed by atoms with Gasteiger partial charge in [-0.25, -0.2) is 0 Å². The third kappa shape index (κ3) is 7.16. The van der Waals surface area contributed by atoms with Crippen LogP contribution in [-0.4, -0.2) is 24.2 Å². The van der Waals surface area contributed by atoms with Gasteiger partial charge in [0.1, 0.15) is 0 Å².